The van der Waals surface area contributed by atoms with Crippen LogP contribution in [-0.2, 0) is 4.74 Å². The number of hydrogen-bond donors (Lipinski definition) is 0. The number of hydrogen-bond acceptors (Lipinski definition) is 4. The summed E-state index contributed by atoms with van der Waals surface area (Å²) in [6, 6.07) is 11.7. The zero-order valence-electron chi connectivity index (χ0n) is 10.1. The first-order valence-electron chi connectivity index (χ1n) is 6.10. The third-order valence-electron chi connectivity index (χ3n) is 3.58. The Morgan fingerprint density at radius 1 is 1.12 bits per heavy atom. The molecule has 0 N–H and O–H groups in total. The third-order valence-corrected chi connectivity index (χ3v) is 4.62. The van der Waals surface area contributed by atoms with Gasteiger partial charge in [-0.25, -0.2) is 4.31 Å². The monoisotopic (exact) mass is 250 g/mol. The van der Waals surface area contributed by atoms with Crippen LogP contribution in [0.2, 0.25) is 0 Å². The van der Waals surface area contributed by atoms with Crippen molar-refractivity contribution in [2.75, 3.05) is 33.4 Å². The van der Waals surface area contributed by atoms with E-state index in [0.29, 0.717) is 12.1 Å². The van der Waals surface area contributed by atoms with E-state index in [0.717, 1.165) is 26.3 Å². The van der Waals surface area contributed by atoms with E-state index in [2.05, 4.69) is 46.6 Å². The minimum Gasteiger partial charge on any atom is -0.378 e. The van der Waals surface area contributed by atoms with Crippen LogP contribution in [0.4, 0.5) is 0 Å². The number of fused-ring (bicyclic) bond motifs is 2. The number of benzene rings is 1. The maximum Gasteiger partial charge on any atom is 0.0635 e. The Hall–Kier alpha value is -0.550. The smallest absolute Gasteiger partial charge is 0.0635 e. The molecule has 92 valence electrons. The van der Waals surface area contributed by atoms with Crippen LogP contribution < -0.4 is 0 Å². The Morgan fingerprint density at radius 2 is 1.76 bits per heavy atom. The summed E-state index contributed by atoms with van der Waals surface area (Å²) in [5.41, 5.74) is 0. The lowest BCUT2D eigenvalue weighted by Gasteiger charge is -2.47. The van der Waals surface area contributed by atoms with Crippen LogP contribution in [0.5, 0.6) is 0 Å². The molecule has 1 aromatic carbocycles. The molecular weight excluding hydrogens is 232 g/mol. The molecule has 2 aliphatic heterocycles. The number of morpholine rings is 1. The minimum absolute atomic E-state index is 0.554. The van der Waals surface area contributed by atoms with Crippen LogP contribution in [0.15, 0.2) is 35.2 Å². The fourth-order valence-corrected chi connectivity index (χ4v) is 3.56. The molecule has 0 radical (unpaired) electrons. The maximum atomic E-state index is 5.63. The van der Waals surface area contributed by atoms with Crippen molar-refractivity contribution >= 4 is 11.9 Å². The van der Waals surface area contributed by atoms with Gasteiger partial charge in [-0.05, 0) is 31.1 Å². The van der Waals surface area contributed by atoms with Crippen LogP contribution in [0, 0.1) is 0 Å². The molecule has 1 aromatic rings. The number of piperazine rings is 1. The quantitative estimate of drug-likeness (QED) is 0.742. The van der Waals surface area contributed by atoms with E-state index < -0.39 is 0 Å². The summed E-state index contributed by atoms with van der Waals surface area (Å²) in [7, 11) is 2.22. The van der Waals surface area contributed by atoms with Crippen molar-refractivity contribution in [3.63, 3.8) is 0 Å². The molecular formula is C13H18N2OS. The van der Waals surface area contributed by atoms with Gasteiger partial charge in [0.2, 0.25) is 0 Å². The predicted molar refractivity (Wildman–Crippen MR) is 70.0 cm³/mol. The minimum atomic E-state index is 0.554. The van der Waals surface area contributed by atoms with Crippen molar-refractivity contribution in [2.45, 2.75) is 17.0 Å². The highest BCUT2D eigenvalue weighted by Crippen LogP contribution is 2.28. The van der Waals surface area contributed by atoms with E-state index in [4.69, 9.17) is 4.74 Å². The molecule has 0 amide bonds. The van der Waals surface area contributed by atoms with Crippen molar-refractivity contribution in [1.82, 2.24) is 9.21 Å². The molecule has 2 saturated heterocycles. The normalized spacial score (nSPS) is 30.4. The van der Waals surface area contributed by atoms with E-state index in [-0.39, 0.29) is 0 Å². The van der Waals surface area contributed by atoms with Crippen LogP contribution in [0.1, 0.15) is 0 Å². The van der Waals surface area contributed by atoms with Crippen molar-refractivity contribution in [3.8, 4) is 0 Å². The van der Waals surface area contributed by atoms with Crippen LogP contribution in [0.25, 0.3) is 0 Å². The lowest BCUT2D eigenvalue weighted by Crippen LogP contribution is -2.61. The van der Waals surface area contributed by atoms with Gasteiger partial charge in [-0.3, -0.25) is 4.90 Å². The van der Waals surface area contributed by atoms with Crippen LogP contribution >= 0.6 is 11.9 Å². The summed E-state index contributed by atoms with van der Waals surface area (Å²) in [6.45, 7) is 3.93. The Morgan fingerprint density at radius 3 is 2.41 bits per heavy atom. The highest BCUT2D eigenvalue weighted by molar-refractivity contribution is 7.97. The molecule has 0 spiro atoms. The van der Waals surface area contributed by atoms with E-state index in [1.807, 2.05) is 11.9 Å². The average Bonchev–Trinajstić information content (AvgIpc) is 2.32. The maximum absolute atomic E-state index is 5.63. The van der Waals surface area contributed by atoms with Gasteiger partial charge < -0.3 is 4.74 Å². The predicted octanol–water partition coefficient (Wildman–Crippen LogP) is 1.71. The standard InChI is InChI=1S/C13H18N2OS/c1-14-11-7-15(8-12(14)10-16-9-11)17-13-5-3-2-4-6-13/h2-6,11-12H,7-10H2,1H3. The molecule has 2 bridgehead atoms. The average molecular weight is 250 g/mol. The summed E-state index contributed by atoms with van der Waals surface area (Å²) in [5, 5.41) is 0. The van der Waals surface area contributed by atoms with E-state index >= 15 is 0 Å². The second kappa shape index (κ2) is 4.98. The van der Waals surface area contributed by atoms with Crippen molar-refractivity contribution in [1.29, 1.82) is 0 Å². The molecule has 2 heterocycles. The summed E-state index contributed by atoms with van der Waals surface area (Å²) >= 11 is 1.87. The summed E-state index contributed by atoms with van der Waals surface area (Å²) < 4.78 is 8.11. The first-order valence-corrected chi connectivity index (χ1v) is 6.88. The number of rotatable bonds is 2. The number of nitrogens with zero attached hydrogens (tertiary/aromatic N) is 2. The summed E-state index contributed by atoms with van der Waals surface area (Å²) in [6.07, 6.45) is 0. The first kappa shape index (κ1) is 11.5. The molecule has 3 rings (SSSR count). The molecule has 0 aliphatic carbocycles. The van der Waals surface area contributed by atoms with Gasteiger partial charge in [-0.15, -0.1) is 0 Å². The molecule has 4 heteroatoms. The van der Waals surface area contributed by atoms with Gasteiger partial charge in [-0.1, -0.05) is 18.2 Å². The van der Waals surface area contributed by atoms with Gasteiger partial charge in [0.25, 0.3) is 0 Å². The fourth-order valence-electron chi connectivity index (χ4n) is 2.49. The molecule has 2 fully saturated rings. The fraction of sp³-hybridized carbons (Fsp3) is 0.538. The Kier molecular flexibility index (Phi) is 3.38. The molecule has 0 aromatic heterocycles. The topological polar surface area (TPSA) is 15.7 Å². The van der Waals surface area contributed by atoms with Gasteiger partial charge in [-0.2, -0.15) is 0 Å². The third kappa shape index (κ3) is 2.50. The van der Waals surface area contributed by atoms with Crippen LogP contribution in [-0.4, -0.2) is 54.6 Å². The summed E-state index contributed by atoms with van der Waals surface area (Å²) in [4.78, 5) is 3.81. The lowest BCUT2D eigenvalue weighted by molar-refractivity contribution is -0.0671. The van der Waals surface area contributed by atoms with Crippen LogP contribution in [0.3, 0.4) is 0 Å². The second-order valence-corrected chi connectivity index (χ2v) is 5.93. The molecule has 3 nitrogen and oxygen atoms in total. The Bertz CT molecular complexity index is 359. The molecule has 2 atom stereocenters. The first-order chi connectivity index (χ1) is 8.33. The van der Waals surface area contributed by atoms with Crippen molar-refractivity contribution in [2.24, 2.45) is 0 Å². The van der Waals surface area contributed by atoms with E-state index in [1.165, 1.54) is 4.90 Å². The largest absolute Gasteiger partial charge is 0.378 e. The zero-order chi connectivity index (χ0) is 11.7. The van der Waals surface area contributed by atoms with Gasteiger partial charge >= 0.3 is 0 Å². The van der Waals surface area contributed by atoms with Crippen molar-refractivity contribution < 1.29 is 4.74 Å². The SMILES string of the molecule is CN1C2COCC1CN(Sc1ccccc1)C2. The second-order valence-electron chi connectivity index (χ2n) is 4.76. The summed E-state index contributed by atoms with van der Waals surface area (Å²) in [5.74, 6) is 0. The Labute approximate surface area is 107 Å². The zero-order valence-corrected chi connectivity index (χ0v) is 10.9. The highest BCUT2D eigenvalue weighted by atomic mass is 32.2. The van der Waals surface area contributed by atoms with Gasteiger partial charge in [0, 0.05) is 30.1 Å². The molecule has 2 unspecified atom stereocenters. The van der Waals surface area contributed by atoms with Gasteiger partial charge in [0.15, 0.2) is 0 Å². The lowest BCUT2D eigenvalue weighted by atomic mass is 10.1. The van der Waals surface area contributed by atoms with Crippen molar-refractivity contribution in [3.05, 3.63) is 30.3 Å². The number of ether oxygens (including phenoxy) is 1. The molecule has 0 saturated carbocycles. The van der Waals surface area contributed by atoms with E-state index in [1.54, 1.807) is 0 Å². The Balaban J connectivity index is 1.66. The highest BCUT2D eigenvalue weighted by Gasteiger charge is 2.35. The molecule has 17 heavy (non-hydrogen) atoms. The number of likely N-dealkylation sites (N-methyl/N-ethyl adjacent to an activating group) is 1. The van der Waals surface area contributed by atoms with Gasteiger partial charge in [0.1, 0.15) is 0 Å². The van der Waals surface area contributed by atoms with E-state index in [9.17, 15) is 0 Å². The van der Waals surface area contributed by atoms with Gasteiger partial charge in [0.05, 0.1) is 13.2 Å². The molecule has 2 aliphatic rings.